The first-order valence-electron chi connectivity index (χ1n) is 4.30. The Kier molecular flexibility index (Phi) is 1.37. The third-order valence-electron chi connectivity index (χ3n) is 3.10. The molecule has 0 aromatic heterocycles. The van der Waals surface area contributed by atoms with E-state index in [0.29, 0.717) is 11.9 Å². The van der Waals surface area contributed by atoms with Crippen molar-refractivity contribution in [3.8, 4) is 0 Å². The average Bonchev–Trinajstić information content (AvgIpc) is 2.58. The number of ketones is 1. The van der Waals surface area contributed by atoms with Gasteiger partial charge in [-0.05, 0) is 33.1 Å². The van der Waals surface area contributed by atoms with Crippen LogP contribution in [0.2, 0.25) is 0 Å². The van der Waals surface area contributed by atoms with Gasteiger partial charge in [0, 0.05) is 5.92 Å². The quantitative estimate of drug-likeness (QED) is 0.536. The summed E-state index contributed by atoms with van der Waals surface area (Å²) < 4.78 is 5.49. The van der Waals surface area contributed by atoms with E-state index in [9.17, 15) is 4.79 Å². The third kappa shape index (κ3) is 1.09. The highest BCUT2D eigenvalue weighted by molar-refractivity contribution is 5.78. The van der Waals surface area contributed by atoms with Crippen LogP contribution >= 0.6 is 0 Å². The van der Waals surface area contributed by atoms with Crippen LogP contribution in [0, 0.1) is 5.92 Å². The SMILES string of the molecule is CC(=O)[C@@H]1CC[C@]2(C)O[C@H]2C1. The molecule has 0 N–H and O–H groups in total. The van der Waals surface area contributed by atoms with Crippen LogP contribution in [0.4, 0.5) is 0 Å². The van der Waals surface area contributed by atoms with Crippen molar-refractivity contribution < 1.29 is 9.53 Å². The second kappa shape index (κ2) is 2.07. The lowest BCUT2D eigenvalue weighted by molar-refractivity contribution is -0.121. The zero-order valence-corrected chi connectivity index (χ0v) is 7.09. The number of epoxide rings is 1. The van der Waals surface area contributed by atoms with Gasteiger partial charge in [-0.2, -0.15) is 0 Å². The highest BCUT2D eigenvalue weighted by atomic mass is 16.6. The van der Waals surface area contributed by atoms with E-state index in [2.05, 4.69) is 6.92 Å². The van der Waals surface area contributed by atoms with Gasteiger partial charge in [0.1, 0.15) is 5.78 Å². The molecule has 2 fully saturated rings. The zero-order chi connectivity index (χ0) is 8.06. The van der Waals surface area contributed by atoms with E-state index in [4.69, 9.17) is 4.74 Å². The highest BCUT2D eigenvalue weighted by Gasteiger charge is 2.55. The summed E-state index contributed by atoms with van der Waals surface area (Å²) in [5, 5.41) is 0. The van der Waals surface area contributed by atoms with Crippen molar-refractivity contribution >= 4 is 5.78 Å². The lowest BCUT2D eigenvalue weighted by Crippen LogP contribution is -2.25. The van der Waals surface area contributed by atoms with Crippen molar-refractivity contribution in [2.24, 2.45) is 5.92 Å². The molecule has 2 aliphatic rings. The Balaban J connectivity index is 1.98. The molecule has 0 spiro atoms. The van der Waals surface area contributed by atoms with Crippen LogP contribution in [-0.2, 0) is 9.53 Å². The standard InChI is InChI=1S/C9H14O2/c1-6(10)7-3-4-9(2)8(5-7)11-9/h7-8H,3-5H2,1-2H3/t7-,8+,9+/m1/s1. The van der Waals surface area contributed by atoms with Crippen LogP contribution in [0.5, 0.6) is 0 Å². The average molecular weight is 154 g/mol. The second-order valence-electron chi connectivity index (χ2n) is 4.00. The Labute approximate surface area is 66.9 Å². The smallest absolute Gasteiger partial charge is 0.133 e. The van der Waals surface area contributed by atoms with Crippen molar-refractivity contribution in [1.29, 1.82) is 0 Å². The molecule has 0 aromatic rings. The van der Waals surface area contributed by atoms with E-state index >= 15 is 0 Å². The Morgan fingerprint density at radius 2 is 2.36 bits per heavy atom. The van der Waals surface area contributed by atoms with E-state index in [1.807, 2.05) is 0 Å². The van der Waals surface area contributed by atoms with E-state index in [1.54, 1.807) is 6.92 Å². The fraction of sp³-hybridized carbons (Fsp3) is 0.889. The van der Waals surface area contributed by atoms with E-state index in [1.165, 1.54) is 0 Å². The van der Waals surface area contributed by atoms with Gasteiger partial charge in [-0.25, -0.2) is 0 Å². The molecule has 1 saturated carbocycles. The Hall–Kier alpha value is -0.370. The topological polar surface area (TPSA) is 29.6 Å². The fourth-order valence-corrected chi connectivity index (χ4v) is 2.01. The zero-order valence-electron chi connectivity index (χ0n) is 7.09. The third-order valence-corrected chi connectivity index (χ3v) is 3.10. The van der Waals surface area contributed by atoms with E-state index in [0.717, 1.165) is 19.3 Å². The first-order valence-corrected chi connectivity index (χ1v) is 4.30. The minimum absolute atomic E-state index is 0.159. The van der Waals surface area contributed by atoms with Gasteiger partial charge in [0.15, 0.2) is 0 Å². The van der Waals surface area contributed by atoms with Gasteiger partial charge >= 0.3 is 0 Å². The van der Waals surface area contributed by atoms with Crippen molar-refractivity contribution in [3.63, 3.8) is 0 Å². The molecule has 11 heavy (non-hydrogen) atoms. The highest BCUT2D eigenvalue weighted by Crippen LogP contribution is 2.49. The van der Waals surface area contributed by atoms with Crippen LogP contribution in [0.3, 0.4) is 0 Å². The van der Waals surface area contributed by atoms with Gasteiger partial charge < -0.3 is 4.74 Å². The molecule has 62 valence electrons. The summed E-state index contributed by atoms with van der Waals surface area (Å²) in [6.07, 6.45) is 3.46. The van der Waals surface area contributed by atoms with E-state index in [-0.39, 0.29) is 11.5 Å². The molecule has 2 rings (SSSR count). The van der Waals surface area contributed by atoms with Crippen LogP contribution in [0.15, 0.2) is 0 Å². The number of ether oxygens (including phenoxy) is 1. The van der Waals surface area contributed by atoms with Gasteiger partial charge in [0.05, 0.1) is 11.7 Å². The number of Topliss-reactive ketones (excluding diaryl/α,β-unsaturated/α-hetero) is 1. The molecule has 0 radical (unpaired) electrons. The first kappa shape index (κ1) is 7.29. The molecule has 0 unspecified atom stereocenters. The molecule has 2 heteroatoms. The normalized spacial score (nSPS) is 48.2. The number of hydrogen-bond acceptors (Lipinski definition) is 2. The summed E-state index contributed by atoms with van der Waals surface area (Å²) in [6, 6.07) is 0. The maximum atomic E-state index is 11.0. The predicted octanol–water partition coefficient (Wildman–Crippen LogP) is 1.53. The van der Waals surface area contributed by atoms with Crippen molar-refractivity contribution in [3.05, 3.63) is 0 Å². The molecule has 1 aliphatic carbocycles. The molecule has 0 amide bonds. The largest absolute Gasteiger partial charge is 0.366 e. The molecule has 0 aromatic carbocycles. The van der Waals surface area contributed by atoms with Crippen molar-refractivity contribution in [1.82, 2.24) is 0 Å². The monoisotopic (exact) mass is 154 g/mol. The van der Waals surface area contributed by atoms with Gasteiger partial charge in [-0.3, -0.25) is 4.79 Å². The Morgan fingerprint density at radius 1 is 1.64 bits per heavy atom. The summed E-state index contributed by atoms with van der Waals surface area (Å²) in [7, 11) is 0. The Bertz CT molecular complexity index is 200. The lowest BCUT2D eigenvalue weighted by atomic mass is 9.81. The van der Waals surface area contributed by atoms with Gasteiger partial charge in [-0.15, -0.1) is 0 Å². The number of rotatable bonds is 1. The Morgan fingerprint density at radius 3 is 2.91 bits per heavy atom. The van der Waals surface area contributed by atoms with Crippen LogP contribution in [-0.4, -0.2) is 17.5 Å². The van der Waals surface area contributed by atoms with E-state index < -0.39 is 0 Å². The predicted molar refractivity (Wildman–Crippen MR) is 41.3 cm³/mol. The number of carbonyl (C=O) groups excluding carboxylic acids is 1. The van der Waals surface area contributed by atoms with Crippen LogP contribution in [0.1, 0.15) is 33.1 Å². The molecule has 3 atom stereocenters. The first-order chi connectivity index (χ1) is 5.12. The van der Waals surface area contributed by atoms with Crippen LogP contribution < -0.4 is 0 Å². The minimum Gasteiger partial charge on any atom is -0.366 e. The maximum Gasteiger partial charge on any atom is 0.133 e. The number of carbonyl (C=O) groups is 1. The summed E-state index contributed by atoms with van der Waals surface area (Å²) >= 11 is 0. The summed E-state index contributed by atoms with van der Waals surface area (Å²) in [5.41, 5.74) is 0.159. The second-order valence-corrected chi connectivity index (χ2v) is 4.00. The van der Waals surface area contributed by atoms with Crippen molar-refractivity contribution in [2.75, 3.05) is 0 Å². The number of fused-ring (bicyclic) bond motifs is 1. The molecular weight excluding hydrogens is 140 g/mol. The van der Waals surface area contributed by atoms with Gasteiger partial charge in [0.2, 0.25) is 0 Å². The summed E-state index contributed by atoms with van der Waals surface area (Å²) in [4.78, 5) is 11.0. The summed E-state index contributed by atoms with van der Waals surface area (Å²) in [6.45, 7) is 3.84. The maximum absolute atomic E-state index is 11.0. The fourth-order valence-electron chi connectivity index (χ4n) is 2.01. The molecule has 0 bridgehead atoms. The van der Waals surface area contributed by atoms with Gasteiger partial charge in [0.25, 0.3) is 0 Å². The number of hydrogen-bond donors (Lipinski definition) is 0. The molecule has 2 nitrogen and oxygen atoms in total. The molecule has 1 aliphatic heterocycles. The van der Waals surface area contributed by atoms with Crippen molar-refractivity contribution in [2.45, 2.75) is 44.8 Å². The lowest BCUT2D eigenvalue weighted by Gasteiger charge is -2.19. The molecular formula is C9H14O2. The van der Waals surface area contributed by atoms with Crippen LogP contribution in [0.25, 0.3) is 0 Å². The minimum atomic E-state index is 0.159. The van der Waals surface area contributed by atoms with Gasteiger partial charge in [-0.1, -0.05) is 0 Å². The molecule has 1 saturated heterocycles. The molecule has 1 heterocycles. The summed E-state index contributed by atoms with van der Waals surface area (Å²) in [5.74, 6) is 0.623.